The van der Waals surface area contributed by atoms with E-state index in [-0.39, 0.29) is 0 Å². The van der Waals surface area contributed by atoms with Crippen LogP contribution in [0, 0.1) is 20.8 Å². The topological polar surface area (TPSA) is 54.2 Å². The van der Waals surface area contributed by atoms with Crippen molar-refractivity contribution in [3.05, 3.63) is 46.8 Å². The van der Waals surface area contributed by atoms with Crippen LogP contribution >= 0.6 is 12.2 Å². The van der Waals surface area contributed by atoms with Crippen LogP contribution in [0.2, 0.25) is 0 Å². The molecule has 5 nitrogen and oxygen atoms in total. The van der Waals surface area contributed by atoms with Gasteiger partial charge in [0.25, 0.3) is 0 Å². The molecule has 2 aromatic rings. The van der Waals surface area contributed by atoms with Gasteiger partial charge in [0, 0.05) is 24.0 Å². The molecule has 0 aliphatic heterocycles. The van der Waals surface area contributed by atoms with Gasteiger partial charge in [-0.05, 0) is 45.1 Å². The number of hydrogen-bond acceptors (Lipinski definition) is 3. The van der Waals surface area contributed by atoms with Gasteiger partial charge in [0.15, 0.2) is 5.11 Å². The first kappa shape index (κ1) is 15.2. The molecule has 0 saturated heterocycles. The summed E-state index contributed by atoms with van der Waals surface area (Å²) in [7, 11) is 1.91. The van der Waals surface area contributed by atoms with Crippen molar-refractivity contribution in [2.24, 2.45) is 12.1 Å². The van der Waals surface area contributed by atoms with E-state index in [2.05, 4.69) is 20.9 Å². The summed E-state index contributed by atoms with van der Waals surface area (Å²) in [4.78, 5) is 0. The van der Waals surface area contributed by atoms with Crippen molar-refractivity contribution in [2.45, 2.75) is 20.8 Å². The van der Waals surface area contributed by atoms with Crippen LogP contribution in [0.3, 0.4) is 0 Å². The van der Waals surface area contributed by atoms with Crippen LogP contribution in [-0.2, 0) is 7.05 Å². The monoisotopic (exact) mass is 301 g/mol. The second kappa shape index (κ2) is 6.49. The molecule has 0 unspecified atom stereocenters. The number of hydrazone groups is 1. The summed E-state index contributed by atoms with van der Waals surface area (Å²) < 4.78 is 1.83. The normalized spacial score (nSPS) is 10.9. The Bertz CT molecular complexity index is 670. The third kappa shape index (κ3) is 3.88. The summed E-state index contributed by atoms with van der Waals surface area (Å²) in [5, 5.41) is 12.0. The lowest BCUT2D eigenvalue weighted by molar-refractivity contribution is 0.731. The number of anilines is 1. The van der Waals surface area contributed by atoms with Gasteiger partial charge in [-0.25, -0.2) is 0 Å². The number of rotatable bonds is 3. The van der Waals surface area contributed by atoms with Crippen LogP contribution in [-0.4, -0.2) is 21.1 Å². The van der Waals surface area contributed by atoms with E-state index in [9.17, 15) is 0 Å². The minimum Gasteiger partial charge on any atom is -0.331 e. The van der Waals surface area contributed by atoms with Gasteiger partial charge >= 0.3 is 0 Å². The molecular formula is C15H19N5S. The Morgan fingerprint density at radius 2 is 1.90 bits per heavy atom. The van der Waals surface area contributed by atoms with Crippen LogP contribution in [0.15, 0.2) is 29.4 Å². The molecule has 1 aromatic carbocycles. The standard InChI is InChI=1S/C15H19N5S/c1-10-5-7-13(8-6-10)17-15(21)18-16-9-14-11(2)19-20(4)12(14)3/h5-9H,1-4H3,(H2,17,18,21)/b16-9-. The van der Waals surface area contributed by atoms with Crippen molar-refractivity contribution in [2.75, 3.05) is 5.32 Å². The van der Waals surface area contributed by atoms with Gasteiger partial charge < -0.3 is 5.32 Å². The van der Waals surface area contributed by atoms with Crippen molar-refractivity contribution in [3.63, 3.8) is 0 Å². The molecule has 21 heavy (non-hydrogen) atoms. The molecule has 6 heteroatoms. The van der Waals surface area contributed by atoms with Crippen LogP contribution in [0.5, 0.6) is 0 Å². The molecule has 0 bridgehead atoms. The highest BCUT2D eigenvalue weighted by Gasteiger charge is 2.06. The Morgan fingerprint density at radius 1 is 1.24 bits per heavy atom. The molecule has 0 radical (unpaired) electrons. The Morgan fingerprint density at radius 3 is 2.48 bits per heavy atom. The third-order valence-electron chi connectivity index (χ3n) is 3.23. The summed E-state index contributed by atoms with van der Waals surface area (Å²) in [6.07, 6.45) is 1.74. The Hall–Kier alpha value is -2.21. The Labute approximate surface area is 130 Å². The summed E-state index contributed by atoms with van der Waals surface area (Å²) in [5.74, 6) is 0. The molecule has 0 aliphatic rings. The zero-order valence-corrected chi connectivity index (χ0v) is 13.5. The summed E-state index contributed by atoms with van der Waals surface area (Å²) >= 11 is 5.20. The van der Waals surface area contributed by atoms with Crippen LogP contribution in [0.4, 0.5) is 5.69 Å². The van der Waals surface area contributed by atoms with Gasteiger partial charge in [-0.1, -0.05) is 17.7 Å². The molecule has 110 valence electrons. The molecule has 1 heterocycles. The minimum atomic E-state index is 0.453. The molecule has 0 aliphatic carbocycles. The molecule has 0 saturated carbocycles. The number of nitrogens with zero attached hydrogens (tertiary/aromatic N) is 3. The highest BCUT2D eigenvalue weighted by Crippen LogP contribution is 2.09. The van der Waals surface area contributed by atoms with Gasteiger partial charge in [-0.15, -0.1) is 0 Å². The molecule has 0 fully saturated rings. The summed E-state index contributed by atoms with van der Waals surface area (Å²) in [6, 6.07) is 8.00. The zero-order chi connectivity index (χ0) is 15.4. The lowest BCUT2D eigenvalue weighted by atomic mass is 10.2. The number of aryl methyl sites for hydroxylation is 3. The van der Waals surface area contributed by atoms with Crippen LogP contribution in [0.1, 0.15) is 22.5 Å². The van der Waals surface area contributed by atoms with Crippen molar-refractivity contribution >= 4 is 29.2 Å². The van der Waals surface area contributed by atoms with Crippen molar-refractivity contribution < 1.29 is 0 Å². The van der Waals surface area contributed by atoms with Gasteiger partial charge in [0.1, 0.15) is 0 Å². The van der Waals surface area contributed by atoms with E-state index in [4.69, 9.17) is 12.2 Å². The number of benzene rings is 1. The predicted octanol–water partition coefficient (Wildman–Crippen LogP) is 2.67. The first-order valence-corrected chi connectivity index (χ1v) is 7.05. The number of nitrogens with one attached hydrogen (secondary N) is 2. The SMILES string of the molecule is Cc1ccc(NC(=S)N/N=C\c2c(C)nn(C)c2C)cc1. The van der Waals surface area contributed by atoms with Gasteiger partial charge in [0.05, 0.1) is 11.9 Å². The summed E-state index contributed by atoms with van der Waals surface area (Å²) in [6.45, 7) is 6.00. The Kier molecular flexibility index (Phi) is 4.70. The molecule has 2 rings (SSSR count). The maximum Gasteiger partial charge on any atom is 0.191 e. The quantitative estimate of drug-likeness (QED) is 0.520. The van der Waals surface area contributed by atoms with Crippen LogP contribution in [0.25, 0.3) is 0 Å². The maximum absolute atomic E-state index is 5.20. The van der Waals surface area contributed by atoms with E-state index in [0.29, 0.717) is 5.11 Å². The fraction of sp³-hybridized carbons (Fsp3) is 0.267. The van der Waals surface area contributed by atoms with E-state index < -0.39 is 0 Å². The second-order valence-electron chi connectivity index (χ2n) is 4.90. The predicted molar refractivity (Wildman–Crippen MR) is 90.8 cm³/mol. The van der Waals surface area contributed by atoms with Crippen LogP contribution < -0.4 is 10.7 Å². The van der Waals surface area contributed by atoms with E-state index in [1.165, 1.54) is 5.56 Å². The first-order chi connectivity index (χ1) is 9.97. The van der Waals surface area contributed by atoms with Crippen molar-refractivity contribution in [3.8, 4) is 0 Å². The highest BCUT2D eigenvalue weighted by atomic mass is 32.1. The number of thiocarbonyl (C=S) groups is 1. The van der Waals surface area contributed by atoms with Gasteiger partial charge in [0.2, 0.25) is 0 Å². The van der Waals surface area contributed by atoms with Gasteiger partial charge in [-0.3, -0.25) is 10.1 Å². The molecule has 0 atom stereocenters. The summed E-state index contributed by atoms with van der Waals surface area (Å²) in [5.41, 5.74) is 7.96. The smallest absolute Gasteiger partial charge is 0.191 e. The largest absolute Gasteiger partial charge is 0.331 e. The van der Waals surface area contributed by atoms with E-state index in [1.807, 2.05) is 56.8 Å². The molecule has 2 N–H and O–H groups in total. The average Bonchev–Trinajstić information content (AvgIpc) is 2.68. The fourth-order valence-corrected chi connectivity index (χ4v) is 2.10. The second-order valence-corrected chi connectivity index (χ2v) is 5.31. The molecule has 1 aromatic heterocycles. The van der Waals surface area contributed by atoms with Crippen molar-refractivity contribution in [1.29, 1.82) is 0 Å². The lowest BCUT2D eigenvalue weighted by Gasteiger charge is -2.06. The lowest BCUT2D eigenvalue weighted by Crippen LogP contribution is -2.23. The number of aromatic nitrogens is 2. The highest BCUT2D eigenvalue weighted by molar-refractivity contribution is 7.80. The minimum absolute atomic E-state index is 0.453. The molecule has 0 spiro atoms. The van der Waals surface area contributed by atoms with Crippen molar-refractivity contribution in [1.82, 2.24) is 15.2 Å². The average molecular weight is 301 g/mol. The van der Waals surface area contributed by atoms with E-state index in [0.717, 1.165) is 22.6 Å². The Balaban J connectivity index is 1.94. The van der Waals surface area contributed by atoms with E-state index in [1.54, 1.807) is 6.21 Å². The molecular weight excluding hydrogens is 282 g/mol. The van der Waals surface area contributed by atoms with Gasteiger partial charge in [-0.2, -0.15) is 10.2 Å². The first-order valence-electron chi connectivity index (χ1n) is 6.64. The molecule has 0 amide bonds. The fourth-order valence-electron chi connectivity index (χ4n) is 1.93. The maximum atomic E-state index is 5.20. The third-order valence-corrected chi connectivity index (χ3v) is 3.43. The zero-order valence-electron chi connectivity index (χ0n) is 12.6. The number of hydrogen-bond donors (Lipinski definition) is 2. The van der Waals surface area contributed by atoms with E-state index >= 15 is 0 Å².